The Morgan fingerprint density at radius 1 is 1.36 bits per heavy atom. The Labute approximate surface area is 169 Å². The van der Waals surface area contributed by atoms with Gasteiger partial charge in [0.2, 0.25) is 0 Å². The monoisotopic (exact) mass is 406 g/mol. The van der Waals surface area contributed by atoms with Crippen LogP contribution in [0.3, 0.4) is 0 Å². The fraction of sp³-hybridized carbons (Fsp3) is 0.667. The summed E-state index contributed by atoms with van der Waals surface area (Å²) in [4.78, 5) is 15.3. The Morgan fingerprint density at radius 3 is 2.54 bits per heavy atom. The van der Waals surface area contributed by atoms with E-state index in [1.54, 1.807) is 0 Å². The van der Waals surface area contributed by atoms with Gasteiger partial charge < -0.3 is 24.9 Å². The first-order valence-corrected chi connectivity index (χ1v) is 12.9. The molecule has 1 unspecified atom stereocenters. The van der Waals surface area contributed by atoms with Crippen LogP contribution in [0.4, 0.5) is 5.69 Å². The molecular formula is C21H34N2O4Si. The van der Waals surface area contributed by atoms with Crippen molar-refractivity contribution < 1.29 is 19.1 Å². The molecule has 3 N–H and O–H groups in total. The smallest absolute Gasteiger partial charge is 0.256 e. The average Bonchev–Trinajstić information content (AvgIpc) is 3.23. The number of likely N-dealkylation sites (tertiary alicyclic amines) is 1. The molecule has 0 bridgehead atoms. The topological polar surface area (TPSA) is 85.0 Å². The minimum absolute atomic E-state index is 0.0586. The first kappa shape index (κ1) is 21.0. The van der Waals surface area contributed by atoms with Gasteiger partial charge in [0, 0.05) is 18.3 Å². The van der Waals surface area contributed by atoms with Gasteiger partial charge in [0.05, 0.1) is 25.3 Å². The molecule has 1 atom stereocenters. The molecule has 1 aliphatic heterocycles. The average molecular weight is 407 g/mol. The molecule has 6 nitrogen and oxygen atoms in total. The molecule has 1 amide bonds. The van der Waals surface area contributed by atoms with Crippen molar-refractivity contribution in [3.63, 3.8) is 0 Å². The second kappa shape index (κ2) is 6.95. The molecule has 1 aromatic carbocycles. The number of amides is 1. The molecule has 1 saturated heterocycles. The van der Waals surface area contributed by atoms with Crippen LogP contribution >= 0.6 is 0 Å². The van der Waals surface area contributed by atoms with Crippen LogP contribution in [-0.4, -0.2) is 50.5 Å². The molecule has 2 aliphatic rings. The van der Waals surface area contributed by atoms with Crippen molar-refractivity contribution >= 4 is 19.9 Å². The number of hydrogen-bond acceptors (Lipinski definition) is 5. The second-order valence-corrected chi connectivity index (χ2v) is 14.8. The van der Waals surface area contributed by atoms with Gasteiger partial charge in [-0.1, -0.05) is 20.8 Å². The zero-order valence-corrected chi connectivity index (χ0v) is 19.0. The van der Waals surface area contributed by atoms with Gasteiger partial charge >= 0.3 is 0 Å². The predicted octanol–water partition coefficient (Wildman–Crippen LogP) is 4.00. The third kappa shape index (κ3) is 3.87. The largest absolute Gasteiger partial charge is 0.504 e. The number of rotatable bonds is 5. The van der Waals surface area contributed by atoms with Crippen LogP contribution in [0.1, 0.15) is 50.4 Å². The van der Waals surface area contributed by atoms with Crippen molar-refractivity contribution in [2.75, 3.05) is 26.0 Å². The van der Waals surface area contributed by atoms with E-state index in [1.807, 2.05) is 4.90 Å². The van der Waals surface area contributed by atoms with E-state index in [2.05, 4.69) is 33.9 Å². The number of nitrogens with zero attached hydrogens (tertiary/aromatic N) is 1. The zero-order valence-electron chi connectivity index (χ0n) is 18.0. The number of carbonyl (C=O) groups excluding carboxylic acids is 1. The lowest BCUT2D eigenvalue weighted by Crippen LogP contribution is -2.46. The first-order valence-electron chi connectivity index (χ1n) is 10.0. The summed E-state index contributed by atoms with van der Waals surface area (Å²) >= 11 is 0. The van der Waals surface area contributed by atoms with Crippen molar-refractivity contribution in [3.8, 4) is 11.5 Å². The van der Waals surface area contributed by atoms with Gasteiger partial charge in [-0.2, -0.15) is 0 Å². The van der Waals surface area contributed by atoms with E-state index in [9.17, 15) is 9.90 Å². The van der Waals surface area contributed by atoms with E-state index in [-0.39, 0.29) is 39.6 Å². The number of phenolic OH excluding ortho intramolecular Hbond substituents is 1. The Kier molecular flexibility index (Phi) is 5.21. The van der Waals surface area contributed by atoms with Crippen molar-refractivity contribution in [2.24, 2.45) is 5.41 Å². The van der Waals surface area contributed by atoms with Gasteiger partial charge in [0.1, 0.15) is 0 Å². The summed E-state index contributed by atoms with van der Waals surface area (Å²) in [5.74, 6) is 0.0878. The van der Waals surface area contributed by atoms with E-state index in [1.165, 1.54) is 32.1 Å². The van der Waals surface area contributed by atoms with Gasteiger partial charge in [-0.05, 0) is 48.9 Å². The number of nitrogen functional groups attached to an aromatic ring is 1. The highest BCUT2D eigenvalue weighted by Gasteiger charge is 2.54. The third-order valence-corrected chi connectivity index (χ3v) is 11.4. The van der Waals surface area contributed by atoms with Crippen LogP contribution in [0.2, 0.25) is 18.1 Å². The summed E-state index contributed by atoms with van der Waals surface area (Å²) < 4.78 is 11.6. The molecule has 0 aromatic heterocycles. The maximum atomic E-state index is 13.4. The minimum Gasteiger partial charge on any atom is -0.504 e. The molecular weight excluding hydrogens is 372 g/mol. The molecule has 7 heteroatoms. The number of carbonyl (C=O) groups is 1. The summed E-state index contributed by atoms with van der Waals surface area (Å²) in [5, 5.41) is 10.0. The van der Waals surface area contributed by atoms with Crippen LogP contribution in [-0.2, 0) is 4.43 Å². The first-order chi connectivity index (χ1) is 12.9. The Bertz CT molecular complexity index is 768. The quantitative estimate of drug-likeness (QED) is 0.570. The summed E-state index contributed by atoms with van der Waals surface area (Å²) in [5.41, 5.74) is 6.96. The molecule has 3 rings (SSSR count). The normalized spacial score (nSPS) is 21.2. The molecule has 28 heavy (non-hydrogen) atoms. The highest BCUT2D eigenvalue weighted by atomic mass is 28.4. The number of anilines is 1. The van der Waals surface area contributed by atoms with E-state index >= 15 is 0 Å². The van der Waals surface area contributed by atoms with E-state index in [0.29, 0.717) is 12.2 Å². The molecule has 0 radical (unpaired) electrons. The van der Waals surface area contributed by atoms with Crippen LogP contribution in [0.5, 0.6) is 11.5 Å². The Morgan fingerprint density at radius 2 is 2.00 bits per heavy atom. The summed E-state index contributed by atoms with van der Waals surface area (Å²) in [6.45, 7) is 12.5. The van der Waals surface area contributed by atoms with Gasteiger partial charge in [-0.15, -0.1) is 0 Å². The lowest BCUT2D eigenvalue weighted by Gasteiger charge is -2.38. The van der Waals surface area contributed by atoms with Crippen LogP contribution in [0.15, 0.2) is 12.1 Å². The summed E-state index contributed by atoms with van der Waals surface area (Å²) in [6, 6.07) is 2.98. The molecule has 2 fully saturated rings. The summed E-state index contributed by atoms with van der Waals surface area (Å²) in [6.07, 6.45) is 3.33. The van der Waals surface area contributed by atoms with Gasteiger partial charge in [-0.3, -0.25) is 4.79 Å². The number of methoxy groups -OCH3 is 1. The van der Waals surface area contributed by atoms with Crippen LogP contribution in [0, 0.1) is 5.41 Å². The maximum absolute atomic E-state index is 13.4. The zero-order chi connectivity index (χ0) is 20.9. The minimum atomic E-state index is -1.89. The molecule has 1 aromatic rings. The SMILES string of the molecule is COc1cc(C(=O)N2CC3(CC3)CC2CO[Si](C)(C)C(C)(C)C)c(N)cc1O. The van der Waals surface area contributed by atoms with Crippen LogP contribution in [0.25, 0.3) is 0 Å². The van der Waals surface area contributed by atoms with Gasteiger partial charge in [-0.25, -0.2) is 0 Å². The molecule has 1 saturated carbocycles. The van der Waals surface area contributed by atoms with Crippen molar-refractivity contribution in [1.29, 1.82) is 0 Å². The lowest BCUT2D eigenvalue weighted by molar-refractivity contribution is 0.0680. The number of ether oxygens (including phenoxy) is 1. The number of nitrogens with two attached hydrogens (primary N) is 1. The standard InChI is InChI=1S/C21H34N2O4Si/c1-20(2,3)28(5,6)27-12-14-11-21(7-8-21)13-23(14)19(25)15-9-18(26-4)17(24)10-16(15)22/h9-10,14,24H,7-8,11-13,22H2,1-6H3. The van der Waals surface area contributed by atoms with Crippen LogP contribution < -0.4 is 10.5 Å². The molecule has 1 heterocycles. The molecule has 156 valence electrons. The Balaban J connectivity index is 1.82. The lowest BCUT2D eigenvalue weighted by atomic mass is 10.0. The highest BCUT2D eigenvalue weighted by molar-refractivity contribution is 6.74. The molecule has 1 spiro atoms. The second-order valence-electron chi connectivity index (χ2n) is 9.97. The fourth-order valence-electron chi connectivity index (χ4n) is 3.70. The number of benzene rings is 1. The summed E-state index contributed by atoms with van der Waals surface area (Å²) in [7, 11) is -0.428. The number of phenols is 1. The van der Waals surface area contributed by atoms with Gasteiger partial charge in [0.15, 0.2) is 19.8 Å². The van der Waals surface area contributed by atoms with E-state index < -0.39 is 8.32 Å². The van der Waals surface area contributed by atoms with Crippen molar-refractivity contribution in [2.45, 2.75) is 64.2 Å². The maximum Gasteiger partial charge on any atom is 0.256 e. The van der Waals surface area contributed by atoms with Crippen molar-refractivity contribution in [1.82, 2.24) is 4.90 Å². The third-order valence-electron chi connectivity index (χ3n) is 6.86. The van der Waals surface area contributed by atoms with E-state index in [0.717, 1.165) is 13.0 Å². The predicted molar refractivity (Wildman–Crippen MR) is 113 cm³/mol. The van der Waals surface area contributed by atoms with Gasteiger partial charge in [0.25, 0.3) is 5.91 Å². The number of hydrogen-bond donors (Lipinski definition) is 2. The number of aromatic hydroxyl groups is 1. The molecule has 1 aliphatic carbocycles. The fourth-order valence-corrected chi connectivity index (χ4v) is 4.74. The highest BCUT2D eigenvalue weighted by Crippen LogP contribution is 2.55. The van der Waals surface area contributed by atoms with E-state index in [4.69, 9.17) is 14.9 Å². The Hall–Kier alpha value is -1.73. The van der Waals surface area contributed by atoms with Crippen molar-refractivity contribution in [3.05, 3.63) is 17.7 Å².